The Hall–Kier alpha value is -2.29. The van der Waals surface area contributed by atoms with Crippen molar-refractivity contribution in [2.75, 3.05) is 27.2 Å². The van der Waals surface area contributed by atoms with Gasteiger partial charge in [0.15, 0.2) is 0 Å². The highest BCUT2D eigenvalue weighted by molar-refractivity contribution is 7.89. The maximum atomic E-state index is 12.2. The summed E-state index contributed by atoms with van der Waals surface area (Å²) in [4.78, 5) is 6.83. The van der Waals surface area contributed by atoms with Crippen LogP contribution in [-0.2, 0) is 10.0 Å². The zero-order valence-corrected chi connectivity index (χ0v) is 18.6. The third kappa shape index (κ3) is 7.92. The number of ether oxygens (including phenoxy) is 1. The predicted molar refractivity (Wildman–Crippen MR) is 121 cm³/mol. The third-order valence-corrected chi connectivity index (χ3v) is 5.79. The zero-order valence-electron chi connectivity index (χ0n) is 17.0. The third-order valence-electron chi connectivity index (χ3n) is 3.97. The monoisotopic (exact) mass is 433 g/mol. The van der Waals surface area contributed by atoms with Gasteiger partial charge in [-0.05, 0) is 56.2 Å². The second-order valence-electron chi connectivity index (χ2n) is 6.80. The van der Waals surface area contributed by atoms with Crippen LogP contribution in [0.15, 0.2) is 58.4 Å². The highest BCUT2D eigenvalue weighted by Gasteiger charge is 2.12. The Labute approximate surface area is 178 Å². The van der Waals surface area contributed by atoms with E-state index in [1.54, 1.807) is 30.6 Å². The van der Waals surface area contributed by atoms with E-state index in [0.29, 0.717) is 24.6 Å². The number of sulfonamides is 1. The van der Waals surface area contributed by atoms with E-state index >= 15 is 0 Å². The molecule has 0 aliphatic heterocycles. The van der Waals surface area contributed by atoms with Crippen LogP contribution < -0.4 is 9.46 Å². The van der Waals surface area contributed by atoms with Gasteiger partial charge in [0, 0.05) is 26.2 Å². The molecule has 6 nitrogen and oxygen atoms in total. The summed E-state index contributed by atoms with van der Waals surface area (Å²) in [5.74, 6) is 0.744. The van der Waals surface area contributed by atoms with Gasteiger partial charge in [-0.25, -0.2) is 18.1 Å². The maximum absolute atomic E-state index is 12.2. The quantitative estimate of drug-likeness (QED) is 0.269. The van der Waals surface area contributed by atoms with Crippen molar-refractivity contribution in [1.29, 1.82) is 0 Å². The summed E-state index contributed by atoms with van der Waals surface area (Å²) in [6, 6.07) is 14.3. The average molecular weight is 434 g/mol. The Balaban J connectivity index is 1.70. The van der Waals surface area contributed by atoms with E-state index in [1.807, 2.05) is 50.2 Å². The summed E-state index contributed by atoms with van der Waals surface area (Å²) in [5, 5.41) is 0. The van der Waals surface area contributed by atoms with Gasteiger partial charge in [-0.15, -0.1) is 0 Å². The standard InChI is InChI=1S/C21H27N3O3S2/c1-17-6-12-20(13-7-17)29(25,26)23-14-4-5-15-27-19-10-8-18(9-11-19)21(28)22-16-24(2)3/h6-13,16,23H,4-5,14-15H2,1-3H3. The average Bonchev–Trinajstić information content (AvgIpc) is 2.69. The van der Waals surface area contributed by atoms with Crippen molar-refractivity contribution in [3.63, 3.8) is 0 Å². The number of hydrogen-bond acceptors (Lipinski definition) is 4. The minimum Gasteiger partial charge on any atom is -0.494 e. The lowest BCUT2D eigenvalue weighted by Gasteiger charge is -2.09. The van der Waals surface area contributed by atoms with Crippen molar-refractivity contribution < 1.29 is 13.2 Å². The molecule has 2 aromatic carbocycles. The van der Waals surface area contributed by atoms with Gasteiger partial charge in [-0.1, -0.05) is 29.9 Å². The van der Waals surface area contributed by atoms with Gasteiger partial charge in [0.05, 0.1) is 17.8 Å². The van der Waals surface area contributed by atoms with E-state index in [1.165, 1.54) is 0 Å². The lowest BCUT2D eigenvalue weighted by atomic mass is 10.2. The normalized spacial score (nSPS) is 11.6. The topological polar surface area (TPSA) is 71.0 Å². The number of unbranched alkanes of at least 4 members (excludes halogenated alkanes) is 1. The molecule has 0 saturated carbocycles. The van der Waals surface area contributed by atoms with Crippen molar-refractivity contribution in [2.24, 2.45) is 4.99 Å². The Morgan fingerprint density at radius 1 is 1.10 bits per heavy atom. The highest BCUT2D eigenvalue weighted by atomic mass is 32.2. The molecule has 0 spiro atoms. The first-order valence-electron chi connectivity index (χ1n) is 9.32. The largest absolute Gasteiger partial charge is 0.494 e. The van der Waals surface area contributed by atoms with E-state index in [2.05, 4.69) is 9.71 Å². The first-order chi connectivity index (χ1) is 13.8. The van der Waals surface area contributed by atoms with Crippen LogP contribution in [0.5, 0.6) is 5.75 Å². The molecule has 0 bridgehead atoms. The predicted octanol–water partition coefficient (Wildman–Crippen LogP) is 3.40. The van der Waals surface area contributed by atoms with Crippen LogP contribution in [-0.4, -0.2) is 51.9 Å². The molecule has 0 unspecified atom stereocenters. The zero-order chi connectivity index (χ0) is 21.3. The highest BCUT2D eigenvalue weighted by Crippen LogP contribution is 2.14. The van der Waals surface area contributed by atoms with E-state index in [4.69, 9.17) is 17.0 Å². The molecular weight excluding hydrogens is 406 g/mol. The molecule has 156 valence electrons. The minimum atomic E-state index is -3.46. The minimum absolute atomic E-state index is 0.285. The molecule has 0 heterocycles. The summed E-state index contributed by atoms with van der Waals surface area (Å²) in [5.41, 5.74) is 1.88. The van der Waals surface area contributed by atoms with Crippen LogP contribution in [0.25, 0.3) is 0 Å². The molecule has 29 heavy (non-hydrogen) atoms. The first kappa shape index (κ1) is 23.0. The van der Waals surface area contributed by atoms with E-state index in [0.717, 1.165) is 23.3 Å². The molecule has 0 atom stereocenters. The number of nitrogens with one attached hydrogen (secondary N) is 1. The fourth-order valence-electron chi connectivity index (χ4n) is 2.36. The molecule has 2 rings (SSSR count). The number of nitrogens with zero attached hydrogens (tertiary/aromatic N) is 2. The number of benzene rings is 2. The van der Waals surface area contributed by atoms with Gasteiger partial charge in [0.25, 0.3) is 0 Å². The van der Waals surface area contributed by atoms with Crippen molar-refractivity contribution in [2.45, 2.75) is 24.7 Å². The molecular formula is C21H27N3O3S2. The molecule has 0 aromatic heterocycles. The molecule has 0 fully saturated rings. The second-order valence-corrected chi connectivity index (χ2v) is 8.96. The van der Waals surface area contributed by atoms with E-state index < -0.39 is 10.0 Å². The van der Waals surface area contributed by atoms with Gasteiger partial charge < -0.3 is 9.64 Å². The van der Waals surface area contributed by atoms with E-state index in [9.17, 15) is 8.42 Å². The second kappa shape index (κ2) is 11.0. The van der Waals surface area contributed by atoms with Crippen molar-refractivity contribution in [3.05, 3.63) is 59.7 Å². The lowest BCUT2D eigenvalue weighted by molar-refractivity contribution is 0.307. The van der Waals surface area contributed by atoms with Crippen molar-refractivity contribution >= 4 is 33.6 Å². The Bertz CT molecular complexity index is 923. The molecule has 0 aliphatic carbocycles. The van der Waals surface area contributed by atoms with Gasteiger partial charge in [-0.2, -0.15) is 0 Å². The molecule has 0 radical (unpaired) electrons. The van der Waals surface area contributed by atoms with Gasteiger partial charge in [-0.3, -0.25) is 0 Å². The Morgan fingerprint density at radius 2 is 1.76 bits per heavy atom. The first-order valence-corrected chi connectivity index (χ1v) is 11.2. The van der Waals surface area contributed by atoms with Crippen LogP contribution >= 0.6 is 12.2 Å². The number of rotatable bonds is 10. The lowest BCUT2D eigenvalue weighted by Crippen LogP contribution is -2.25. The Kier molecular flexibility index (Phi) is 8.75. The van der Waals surface area contributed by atoms with Crippen LogP contribution in [0, 0.1) is 6.92 Å². The van der Waals surface area contributed by atoms with E-state index in [-0.39, 0.29) is 4.90 Å². The van der Waals surface area contributed by atoms with Crippen molar-refractivity contribution in [3.8, 4) is 5.75 Å². The molecule has 2 aromatic rings. The van der Waals surface area contributed by atoms with Gasteiger partial charge >= 0.3 is 0 Å². The van der Waals surface area contributed by atoms with Gasteiger partial charge in [0.2, 0.25) is 10.0 Å². The fraction of sp³-hybridized carbons (Fsp3) is 0.333. The smallest absolute Gasteiger partial charge is 0.240 e. The summed E-state index contributed by atoms with van der Waals surface area (Å²) < 4.78 is 32.7. The number of thiocarbonyl (C=S) groups is 1. The molecule has 8 heteroatoms. The number of aryl methyl sites for hydroxylation is 1. The summed E-state index contributed by atoms with van der Waals surface area (Å²) in [7, 11) is 0.314. The fourth-order valence-corrected chi connectivity index (χ4v) is 3.62. The summed E-state index contributed by atoms with van der Waals surface area (Å²) in [6.45, 7) is 2.80. The van der Waals surface area contributed by atoms with Crippen LogP contribution in [0.1, 0.15) is 24.0 Å². The van der Waals surface area contributed by atoms with Crippen molar-refractivity contribution in [1.82, 2.24) is 9.62 Å². The van der Waals surface area contributed by atoms with Crippen LogP contribution in [0.3, 0.4) is 0 Å². The SMILES string of the molecule is Cc1ccc(S(=O)(=O)NCCCCOc2ccc(C(=S)N=CN(C)C)cc2)cc1. The molecule has 0 amide bonds. The molecule has 0 aliphatic rings. The van der Waals surface area contributed by atoms with Gasteiger partial charge in [0.1, 0.15) is 10.7 Å². The number of hydrogen-bond donors (Lipinski definition) is 1. The summed E-state index contributed by atoms with van der Waals surface area (Å²) >= 11 is 5.27. The van der Waals surface area contributed by atoms with Crippen LogP contribution in [0.4, 0.5) is 0 Å². The number of aliphatic imine (C=N–C) groups is 1. The summed E-state index contributed by atoms with van der Waals surface area (Å²) in [6.07, 6.45) is 3.09. The molecule has 1 N–H and O–H groups in total. The maximum Gasteiger partial charge on any atom is 0.240 e. The van der Waals surface area contributed by atoms with Crippen LogP contribution in [0.2, 0.25) is 0 Å². The molecule has 0 saturated heterocycles. The Morgan fingerprint density at radius 3 is 2.38 bits per heavy atom.